The number of amides is 2. The number of ether oxygens (including phenoxy) is 2. The quantitative estimate of drug-likeness (QED) is 0.384. The van der Waals surface area contributed by atoms with Crippen LogP contribution in [-0.2, 0) is 20.8 Å². The Kier molecular flexibility index (Phi) is 12.2. The molecule has 0 saturated heterocycles. The van der Waals surface area contributed by atoms with Crippen LogP contribution < -0.4 is 5.32 Å². The minimum absolute atomic E-state index is 0.0142. The fourth-order valence-corrected chi connectivity index (χ4v) is 3.49. The molecule has 2 aromatic rings. The SMILES string of the molecule is CCOCCCNC(=O)c1coc(CN(CCCOCC)C(=O)C(CC)c2ccccc2)n1. The Bertz CT molecular complexity index is 824. The van der Waals surface area contributed by atoms with Crippen molar-refractivity contribution in [1.29, 1.82) is 0 Å². The first-order valence-corrected chi connectivity index (χ1v) is 11.8. The molecule has 0 aliphatic rings. The number of carbonyl (C=O) groups excluding carboxylic acids is 2. The summed E-state index contributed by atoms with van der Waals surface area (Å²) in [5.74, 6) is -0.199. The highest BCUT2D eigenvalue weighted by atomic mass is 16.5. The number of aromatic nitrogens is 1. The van der Waals surface area contributed by atoms with E-state index in [9.17, 15) is 9.59 Å². The first kappa shape index (κ1) is 26.5. The second-order valence-corrected chi connectivity index (χ2v) is 7.61. The van der Waals surface area contributed by atoms with Crippen molar-refractivity contribution < 1.29 is 23.5 Å². The van der Waals surface area contributed by atoms with Gasteiger partial charge in [-0.15, -0.1) is 0 Å². The molecule has 0 spiro atoms. The monoisotopic (exact) mass is 459 g/mol. The second kappa shape index (κ2) is 15.2. The topological polar surface area (TPSA) is 93.9 Å². The highest BCUT2D eigenvalue weighted by molar-refractivity contribution is 5.91. The molecule has 2 rings (SSSR count). The van der Waals surface area contributed by atoms with E-state index in [4.69, 9.17) is 13.9 Å². The third kappa shape index (κ3) is 8.98. The van der Waals surface area contributed by atoms with Gasteiger partial charge in [-0.3, -0.25) is 9.59 Å². The van der Waals surface area contributed by atoms with E-state index in [0.717, 1.165) is 12.0 Å². The van der Waals surface area contributed by atoms with Gasteiger partial charge in [0.15, 0.2) is 5.69 Å². The summed E-state index contributed by atoms with van der Waals surface area (Å²) in [6.07, 6.45) is 3.46. The Labute approximate surface area is 196 Å². The van der Waals surface area contributed by atoms with Gasteiger partial charge in [0.2, 0.25) is 11.8 Å². The maximum atomic E-state index is 13.4. The number of carbonyl (C=O) groups is 2. The van der Waals surface area contributed by atoms with Crippen LogP contribution in [0, 0.1) is 0 Å². The van der Waals surface area contributed by atoms with Crippen LogP contribution in [0.15, 0.2) is 41.0 Å². The van der Waals surface area contributed by atoms with E-state index in [-0.39, 0.29) is 30.0 Å². The summed E-state index contributed by atoms with van der Waals surface area (Å²) in [4.78, 5) is 31.8. The molecule has 1 unspecified atom stereocenters. The van der Waals surface area contributed by atoms with Gasteiger partial charge in [0, 0.05) is 39.5 Å². The van der Waals surface area contributed by atoms with E-state index >= 15 is 0 Å². The number of nitrogens with one attached hydrogen (secondary N) is 1. The van der Waals surface area contributed by atoms with E-state index in [1.54, 1.807) is 4.90 Å². The van der Waals surface area contributed by atoms with Crippen LogP contribution in [0.25, 0.3) is 0 Å². The van der Waals surface area contributed by atoms with E-state index < -0.39 is 0 Å². The van der Waals surface area contributed by atoms with Gasteiger partial charge in [0.05, 0.1) is 12.5 Å². The average molecular weight is 460 g/mol. The number of hydrogen-bond acceptors (Lipinski definition) is 6. The number of benzene rings is 1. The van der Waals surface area contributed by atoms with E-state index in [1.807, 2.05) is 51.1 Å². The molecule has 0 radical (unpaired) electrons. The highest BCUT2D eigenvalue weighted by Gasteiger charge is 2.26. The highest BCUT2D eigenvalue weighted by Crippen LogP contribution is 2.23. The maximum Gasteiger partial charge on any atom is 0.273 e. The van der Waals surface area contributed by atoms with Gasteiger partial charge in [0.25, 0.3) is 5.91 Å². The summed E-state index contributed by atoms with van der Waals surface area (Å²) in [5, 5.41) is 2.81. The molecule has 0 fully saturated rings. The van der Waals surface area contributed by atoms with Crippen molar-refractivity contribution in [1.82, 2.24) is 15.2 Å². The van der Waals surface area contributed by atoms with Crippen LogP contribution in [0.2, 0.25) is 0 Å². The first-order chi connectivity index (χ1) is 16.1. The van der Waals surface area contributed by atoms with E-state index in [1.165, 1.54) is 6.26 Å². The van der Waals surface area contributed by atoms with Gasteiger partial charge in [-0.1, -0.05) is 37.3 Å². The molecule has 33 heavy (non-hydrogen) atoms. The molecule has 1 aromatic heterocycles. The summed E-state index contributed by atoms with van der Waals surface area (Å²) in [6, 6.07) is 9.78. The van der Waals surface area contributed by atoms with Gasteiger partial charge in [-0.25, -0.2) is 4.98 Å². The van der Waals surface area contributed by atoms with Crippen LogP contribution in [0.3, 0.4) is 0 Å². The van der Waals surface area contributed by atoms with Crippen LogP contribution in [0.5, 0.6) is 0 Å². The molecule has 1 N–H and O–H groups in total. The Morgan fingerprint density at radius 2 is 1.76 bits per heavy atom. The number of hydrogen-bond donors (Lipinski definition) is 1. The van der Waals surface area contributed by atoms with E-state index in [2.05, 4.69) is 10.3 Å². The fourth-order valence-electron chi connectivity index (χ4n) is 3.49. The molecule has 8 nitrogen and oxygen atoms in total. The van der Waals surface area contributed by atoms with Crippen molar-refractivity contribution in [3.63, 3.8) is 0 Å². The van der Waals surface area contributed by atoms with E-state index in [0.29, 0.717) is 58.2 Å². The predicted molar refractivity (Wildman–Crippen MR) is 126 cm³/mol. The zero-order chi connectivity index (χ0) is 23.9. The maximum absolute atomic E-state index is 13.4. The molecule has 1 aromatic carbocycles. The van der Waals surface area contributed by atoms with Gasteiger partial charge in [0.1, 0.15) is 6.26 Å². The molecule has 0 saturated carbocycles. The Morgan fingerprint density at radius 3 is 2.42 bits per heavy atom. The lowest BCUT2D eigenvalue weighted by atomic mass is 9.95. The molecular weight excluding hydrogens is 422 g/mol. The molecule has 182 valence electrons. The smallest absolute Gasteiger partial charge is 0.273 e. The first-order valence-electron chi connectivity index (χ1n) is 11.8. The van der Waals surface area contributed by atoms with Crippen LogP contribution in [0.4, 0.5) is 0 Å². The molecule has 0 bridgehead atoms. The molecule has 0 aliphatic heterocycles. The zero-order valence-electron chi connectivity index (χ0n) is 20.0. The third-order valence-corrected chi connectivity index (χ3v) is 5.21. The minimum atomic E-state index is -0.300. The van der Waals surface area contributed by atoms with Crippen molar-refractivity contribution in [3.05, 3.63) is 53.7 Å². The summed E-state index contributed by atoms with van der Waals surface area (Å²) in [6.45, 7) is 9.57. The van der Waals surface area contributed by atoms with Crippen molar-refractivity contribution in [2.24, 2.45) is 0 Å². The van der Waals surface area contributed by atoms with Crippen molar-refractivity contribution in [2.45, 2.75) is 52.5 Å². The average Bonchev–Trinajstić information content (AvgIpc) is 3.30. The lowest BCUT2D eigenvalue weighted by Crippen LogP contribution is -2.36. The summed E-state index contributed by atoms with van der Waals surface area (Å²) in [5.41, 5.74) is 1.19. The standard InChI is InChI=1S/C25H37N3O5/c1-4-21(20-12-8-7-9-13-20)25(30)28(15-11-17-32-6-3)18-23-27-22(19-33-23)24(29)26-14-10-16-31-5-2/h7-9,12-13,19,21H,4-6,10-11,14-18H2,1-3H3,(H,26,29). The Morgan fingerprint density at radius 1 is 1.06 bits per heavy atom. The van der Waals surface area contributed by atoms with Crippen LogP contribution >= 0.6 is 0 Å². The molecule has 1 heterocycles. The van der Waals surface area contributed by atoms with Crippen molar-refractivity contribution >= 4 is 11.8 Å². The zero-order valence-corrected chi connectivity index (χ0v) is 20.0. The van der Waals surface area contributed by atoms with Gasteiger partial charge >= 0.3 is 0 Å². The predicted octanol–water partition coefficient (Wildman–Crippen LogP) is 3.78. The van der Waals surface area contributed by atoms with Crippen LogP contribution in [0.1, 0.15) is 67.9 Å². The minimum Gasteiger partial charge on any atom is -0.446 e. The van der Waals surface area contributed by atoms with Gasteiger partial charge in [-0.2, -0.15) is 0 Å². The third-order valence-electron chi connectivity index (χ3n) is 5.21. The summed E-state index contributed by atoms with van der Waals surface area (Å²) < 4.78 is 16.2. The molecule has 0 aliphatic carbocycles. The molecule has 1 atom stereocenters. The Hall–Kier alpha value is -2.71. The summed E-state index contributed by atoms with van der Waals surface area (Å²) >= 11 is 0. The Balaban J connectivity index is 2.04. The van der Waals surface area contributed by atoms with Crippen LogP contribution in [-0.4, -0.2) is 61.2 Å². The summed E-state index contributed by atoms with van der Waals surface area (Å²) in [7, 11) is 0. The number of oxazole rings is 1. The molecule has 8 heteroatoms. The van der Waals surface area contributed by atoms with Gasteiger partial charge in [-0.05, 0) is 38.7 Å². The lowest BCUT2D eigenvalue weighted by Gasteiger charge is -2.26. The molecular formula is C25H37N3O5. The normalized spacial score (nSPS) is 11.8. The number of rotatable bonds is 16. The van der Waals surface area contributed by atoms with Crippen molar-refractivity contribution in [3.8, 4) is 0 Å². The van der Waals surface area contributed by atoms with Gasteiger partial charge < -0.3 is 24.1 Å². The fraction of sp³-hybridized carbons (Fsp3) is 0.560. The lowest BCUT2D eigenvalue weighted by molar-refractivity contribution is -0.134. The largest absolute Gasteiger partial charge is 0.446 e. The second-order valence-electron chi connectivity index (χ2n) is 7.61. The number of nitrogens with zero attached hydrogens (tertiary/aromatic N) is 2. The van der Waals surface area contributed by atoms with Crippen molar-refractivity contribution in [2.75, 3.05) is 39.5 Å². The molecule has 2 amide bonds.